The number of hydrogen-bond acceptors (Lipinski definition) is 7. The lowest BCUT2D eigenvalue weighted by Gasteiger charge is -2.18. The molecule has 0 aliphatic carbocycles. The lowest BCUT2D eigenvalue weighted by Crippen LogP contribution is -2.43. The monoisotopic (exact) mass is 486 g/mol. The summed E-state index contributed by atoms with van der Waals surface area (Å²) < 4.78 is 52.5. The number of aromatic nitrogens is 1. The number of thiophene rings is 1. The van der Waals surface area contributed by atoms with E-state index >= 15 is 0 Å². The number of rotatable bonds is 9. The van der Waals surface area contributed by atoms with Gasteiger partial charge in [-0.2, -0.15) is 4.72 Å². The number of carbonyl (C=O) groups is 1. The van der Waals surface area contributed by atoms with Crippen LogP contribution >= 0.6 is 11.3 Å². The van der Waals surface area contributed by atoms with E-state index in [9.17, 15) is 17.6 Å². The molecule has 0 saturated carbocycles. The van der Waals surface area contributed by atoms with Crippen LogP contribution in [0.25, 0.3) is 10.6 Å². The van der Waals surface area contributed by atoms with Gasteiger partial charge in [0.2, 0.25) is 10.0 Å². The van der Waals surface area contributed by atoms with Gasteiger partial charge < -0.3 is 9.26 Å². The van der Waals surface area contributed by atoms with Crippen LogP contribution in [0.1, 0.15) is 11.3 Å². The number of hydrogen-bond donors (Lipinski definition) is 1. The molecule has 0 amide bonds. The van der Waals surface area contributed by atoms with E-state index in [2.05, 4.69) is 9.88 Å². The number of esters is 1. The zero-order valence-corrected chi connectivity index (χ0v) is 18.8. The van der Waals surface area contributed by atoms with E-state index in [0.29, 0.717) is 17.0 Å². The maximum Gasteiger partial charge on any atom is 0.324 e. The summed E-state index contributed by atoms with van der Waals surface area (Å²) in [7, 11) is -4.32. The molecule has 10 heteroatoms. The maximum atomic E-state index is 14.1. The maximum absolute atomic E-state index is 14.1. The highest BCUT2D eigenvalue weighted by Crippen LogP contribution is 2.25. The largest absolute Gasteiger partial charge is 0.458 e. The highest BCUT2D eigenvalue weighted by atomic mass is 32.2. The van der Waals surface area contributed by atoms with Crippen LogP contribution in [0.5, 0.6) is 0 Å². The van der Waals surface area contributed by atoms with Crippen molar-refractivity contribution in [1.82, 2.24) is 9.88 Å². The molecule has 1 N–H and O–H groups in total. The SMILES string of the molecule is O=C(OCc1cc(-c2cccs2)on1)[C@H](Cc1ccccc1)NS(=O)(=O)c1ccccc1F. The van der Waals surface area contributed by atoms with Gasteiger partial charge in [0.05, 0.1) is 4.88 Å². The molecule has 1 atom stereocenters. The molecular formula is C23H19FN2O5S2. The second-order valence-corrected chi connectivity index (χ2v) is 9.69. The number of sulfonamides is 1. The van der Waals surface area contributed by atoms with E-state index in [0.717, 1.165) is 17.0 Å². The Bertz CT molecular complexity index is 1320. The highest BCUT2D eigenvalue weighted by molar-refractivity contribution is 7.89. The average molecular weight is 487 g/mol. The zero-order chi connectivity index (χ0) is 23.3. The molecule has 33 heavy (non-hydrogen) atoms. The topological polar surface area (TPSA) is 98.5 Å². The van der Waals surface area contributed by atoms with Crippen molar-refractivity contribution >= 4 is 27.3 Å². The number of nitrogens with one attached hydrogen (secondary N) is 1. The normalized spacial score (nSPS) is 12.4. The number of nitrogens with zero attached hydrogens (tertiary/aromatic N) is 1. The van der Waals surface area contributed by atoms with Crippen molar-refractivity contribution in [2.75, 3.05) is 0 Å². The lowest BCUT2D eigenvalue weighted by atomic mass is 10.1. The van der Waals surface area contributed by atoms with E-state index in [-0.39, 0.29) is 13.0 Å². The summed E-state index contributed by atoms with van der Waals surface area (Å²) >= 11 is 1.48. The molecule has 4 rings (SSSR count). The number of carbonyl (C=O) groups excluding carboxylic acids is 1. The summed E-state index contributed by atoms with van der Waals surface area (Å²) in [4.78, 5) is 13.2. The highest BCUT2D eigenvalue weighted by Gasteiger charge is 2.29. The fraction of sp³-hybridized carbons (Fsp3) is 0.130. The minimum absolute atomic E-state index is 0.0205. The van der Waals surface area contributed by atoms with Gasteiger partial charge in [-0.05, 0) is 35.6 Å². The molecule has 170 valence electrons. The quantitative estimate of drug-likeness (QED) is 0.357. The van der Waals surface area contributed by atoms with Gasteiger partial charge in [-0.3, -0.25) is 4.79 Å². The van der Waals surface area contributed by atoms with Crippen LogP contribution < -0.4 is 4.72 Å². The van der Waals surface area contributed by atoms with Gasteiger partial charge in [-0.15, -0.1) is 11.3 Å². The smallest absolute Gasteiger partial charge is 0.324 e. The predicted octanol–water partition coefficient (Wildman–Crippen LogP) is 4.18. The van der Waals surface area contributed by atoms with Crippen LogP contribution in [0, 0.1) is 5.82 Å². The van der Waals surface area contributed by atoms with E-state index in [1.807, 2.05) is 17.5 Å². The fourth-order valence-electron chi connectivity index (χ4n) is 3.10. The summed E-state index contributed by atoms with van der Waals surface area (Å²) in [5.74, 6) is -1.20. The number of halogens is 1. The van der Waals surface area contributed by atoms with Gasteiger partial charge in [0.1, 0.15) is 29.1 Å². The molecular weight excluding hydrogens is 467 g/mol. The molecule has 2 heterocycles. The van der Waals surface area contributed by atoms with E-state index in [1.54, 1.807) is 36.4 Å². The Kier molecular flexibility index (Phi) is 6.97. The summed E-state index contributed by atoms with van der Waals surface area (Å²) in [6.07, 6.45) is 0.0205. The molecule has 0 aliphatic rings. The summed E-state index contributed by atoms with van der Waals surface area (Å²) in [6.45, 7) is -0.208. The summed E-state index contributed by atoms with van der Waals surface area (Å²) in [6, 6.07) is 17.9. The van der Waals surface area contributed by atoms with E-state index < -0.39 is 32.7 Å². The molecule has 0 unspecified atom stereocenters. The molecule has 0 saturated heterocycles. The van der Waals surface area contributed by atoms with Crippen molar-refractivity contribution in [3.8, 4) is 10.6 Å². The van der Waals surface area contributed by atoms with Crippen molar-refractivity contribution in [2.45, 2.75) is 24.0 Å². The molecule has 2 aromatic carbocycles. The standard InChI is InChI=1S/C23H19FN2O5S2/c24-18-9-4-5-11-22(18)33(28,29)26-19(13-16-7-2-1-3-8-16)23(27)30-15-17-14-20(31-25-17)21-10-6-12-32-21/h1-12,14,19,26H,13,15H2/t19-/m0/s1. The molecule has 7 nitrogen and oxygen atoms in total. The van der Waals surface area contributed by atoms with Gasteiger partial charge >= 0.3 is 5.97 Å². The van der Waals surface area contributed by atoms with Gasteiger partial charge in [0, 0.05) is 6.07 Å². The lowest BCUT2D eigenvalue weighted by molar-refractivity contribution is -0.147. The Balaban J connectivity index is 1.50. The predicted molar refractivity (Wildman–Crippen MR) is 120 cm³/mol. The van der Waals surface area contributed by atoms with Gasteiger partial charge in [-0.25, -0.2) is 12.8 Å². The third-order valence-corrected chi connectivity index (χ3v) is 7.07. The second kappa shape index (κ2) is 10.1. The first-order chi connectivity index (χ1) is 15.9. The molecule has 4 aromatic rings. The van der Waals surface area contributed by atoms with Crippen molar-refractivity contribution in [3.63, 3.8) is 0 Å². The van der Waals surface area contributed by atoms with E-state index in [4.69, 9.17) is 9.26 Å². The Hall–Kier alpha value is -3.34. The number of benzene rings is 2. The van der Waals surface area contributed by atoms with E-state index in [1.165, 1.54) is 23.5 Å². The number of ether oxygens (including phenoxy) is 1. The molecule has 0 fully saturated rings. The molecule has 0 spiro atoms. The van der Waals surface area contributed by atoms with Gasteiger partial charge in [0.25, 0.3) is 0 Å². The zero-order valence-electron chi connectivity index (χ0n) is 17.2. The third kappa shape index (κ3) is 5.72. The Labute approximate surface area is 193 Å². The van der Waals surface area contributed by atoms with Crippen molar-refractivity contribution in [1.29, 1.82) is 0 Å². The summed E-state index contributed by atoms with van der Waals surface area (Å²) in [5.41, 5.74) is 1.08. The first-order valence-electron chi connectivity index (χ1n) is 9.89. The minimum atomic E-state index is -4.32. The van der Waals surface area contributed by atoms with Gasteiger partial charge in [0.15, 0.2) is 5.76 Å². The first kappa shape index (κ1) is 22.8. The molecule has 0 aliphatic heterocycles. The molecule has 2 aromatic heterocycles. The summed E-state index contributed by atoms with van der Waals surface area (Å²) in [5, 5.41) is 5.78. The molecule has 0 bridgehead atoms. The second-order valence-electron chi connectivity index (χ2n) is 7.06. The van der Waals surface area contributed by atoms with Crippen LogP contribution in [0.3, 0.4) is 0 Å². The van der Waals surface area contributed by atoms with Crippen LogP contribution in [0.2, 0.25) is 0 Å². The van der Waals surface area contributed by atoms with Crippen molar-refractivity contribution in [3.05, 3.63) is 95.3 Å². The van der Waals surface area contributed by atoms with Crippen LogP contribution in [-0.2, 0) is 32.6 Å². The van der Waals surface area contributed by atoms with Crippen molar-refractivity contribution < 1.29 is 26.9 Å². The molecule has 0 radical (unpaired) electrons. The fourth-order valence-corrected chi connectivity index (χ4v) is 5.03. The Morgan fingerprint density at radius 1 is 1.09 bits per heavy atom. The Morgan fingerprint density at radius 2 is 1.85 bits per heavy atom. The minimum Gasteiger partial charge on any atom is -0.458 e. The van der Waals surface area contributed by atoms with Crippen molar-refractivity contribution in [2.24, 2.45) is 0 Å². The van der Waals surface area contributed by atoms with Crippen LogP contribution in [-0.4, -0.2) is 25.6 Å². The third-order valence-electron chi connectivity index (χ3n) is 4.68. The van der Waals surface area contributed by atoms with Gasteiger partial charge in [-0.1, -0.05) is 53.7 Å². The first-order valence-corrected chi connectivity index (χ1v) is 12.3. The van der Waals surface area contributed by atoms with Crippen LogP contribution in [0.4, 0.5) is 4.39 Å². The van der Waals surface area contributed by atoms with Crippen LogP contribution in [0.15, 0.2) is 87.6 Å². The average Bonchev–Trinajstić information content (AvgIpc) is 3.50. The Morgan fingerprint density at radius 3 is 2.58 bits per heavy atom.